The van der Waals surface area contributed by atoms with Crippen molar-refractivity contribution in [3.63, 3.8) is 0 Å². The minimum Gasteiger partial charge on any atom is -0.355 e. The van der Waals surface area contributed by atoms with Gasteiger partial charge in [0.05, 0.1) is 12.2 Å². The Morgan fingerprint density at radius 3 is 2.74 bits per heavy atom. The van der Waals surface area contributed by atoms with Crippen LogP contribution in [0, 0.1) is 23.2 Å². The number of halogens is 2. The average molecular weight is 570 g/mol. The van der Waals surface area contributed by atoms with E-state index in [1.54, 1.807) is 27.9 Å². The van der Waals surface area contributed by atoms with Gasteiger partial charge < -0.3 is 14.7 Å². The van der Waals surface area contributed by atoms with E-state index in [1.807, 2.05) is 27.1 Å². The van der Waals surface area contributed by atoms with E-state index >= 15 is 0 Å². The summed E-state index contributed by atoms with van der Waals surface area (Å²) in [4.78, 5) is 27.9. The second-order valence-electron chi connectivity index (χ2n) is 10.9. The van der Waals surface area contributed by atoms with Crippen LogP contribution < -0.4 is 4.90 Å². The number of carbonyl (C=O) groups is 1. The molecule has 5 rings (SSSR count). The van der Waals surface area contributed by atoms with Gasteiger partial charge in [-0.2, -0.15) is 10.4 Å². The Kier molecular flexibility index (Phi) is 8.27. The molecule has 0 N–H and O–H groups in total. The maximum Gasteiger partial charge on any atom is 0.222 e. The zero-order valence-corrected chi connectivity index (χ0v) is 24.2. The first kappa shape index (κ1) is 27.6. The molecule has 0 bridgehead atoms. The van der Waals surface area contributed by atoms with Crippen LogP contribution in [-0.2, 0) is 4.79 Å². The number of likely N-dealkylation sites (tertiary alicyclic amines) is 1. The summed E-state index contributed by atoms with van der Waals surface area (Å²) in [5.74, 6) is 2.26. The molecule has 1 unspecified atom stereocenters. The van der Waals surface area contributed by atoms with Crippen LogP contribution in [0.5, 0.6) is 0 Å². The van der Waals surface area contributed by atoms with Gasteiger partial charge in [0.15, 0.2) is 11.3 Å². The highest BCUT2D eigenvalue weighted by Gasteiger charge is 2.36. The van der Waals surface area contributed by atoms with E-state index in [4.69, 9.17) is 28.2 Å². The van der Waals surface area contributed by atoms with Crippen LogP contribution >= 0.6 is 23.2 Å². The van der Waals surface area contributed by atoms with Gasteiger partial charge in [-0.1, -0.05) is 29.3 Å². The Morgan fingerprint density at radius 2 is 2.03 bits per heavy atom. The monoisotopic (exact) mass is 568 g/mol. The second-order valence-corrected chi connectivity index (χ2v) is 11.8. The number of nitriles is 1. The maximum absolute atomic E-state index is 11.9. The molecule has 0 aliphatic carbocycles. The highest BCUT2D eigenvalue weighted by Crippen LogP contribution is 2.35. The SMILES string of the molecule is C[C@H](c1ccc(Cl)cc1Cl)n1nc(C#N)c2ncc(N3CC(C4CCCN(CCCC(=O)N(C)C)C4)C3)nc21. The number of hydrogen-bond acceptors (Lipinski definition) is 7. The fourth-order valence-electron chi connectivity index (χ4n) is 5.72. The number of amides is 1. The first-order valence-electron chi connectivity index (χ1n) is 13.5. The molecular weight excluding hydrogens is 535 g/mol. The van der Waals surface area contributed by atoms with Gasteiger partial charge in [-0.15, -0.1) is 0 Å². The summed E-state index contributed by atoms with van der Waals surface area (Å²) in [6.45, 7) is 7.05. The van der Waals surface area contributed by atoms with E-state index in [-0.39, 0.29) is 17.6 Å². The van der Waals surface area contributed by atoms with Crippen LogP contribution in [0.1, 0.15) is 49.9 Å². The second kappa shape index (κ2) is 11.7. The molecule has 2 aromatic heterocycles. The standard InChI is InChI=1S/C28H34Cl2N8O/c1-18(22-9-8-21(29)12-23(22)30)38-28-27(24(13-31)34-38)32-14-25(33-28)37-16-20(17-37)19-6-4-10-36(15-19)11-5-7-26(39)35(2)3/h8-9,12,14,18-20H,4-7,10-11,15-17H2,1-3H3/t18-,19?/m1/s1. The summed E-state index contributed by atoms with van der Waals surface area (Å²) in [6.07, 6.45) is 5.72. The molecule has 2 aliphatic heterocycles. The number of nitrogens with zero attached hydrogens (tertiary/aromatic N) is 8. The van der Waals surface area contributed by atoms with Crippen LogP contribution in [0.4, 0.5) is 5.82 Å². The maximum atomic E-state index is 11.9. The smallest absolute Gasteiger partial charge is 0.222 e. The Balaban J connectivity index is 1.26. The lowest BCUT2D eigenvalue weighted by molar-refractivity contribution is -0.128. The van der Waals surface area contributed by atoms with Gasteiger partial charge in [-0.05, 0) is 68.8 Å². The first-order valence-corrected chi connectivity index (χ1v) is 14.3. The highest BCUT2D eigenvalue weighted by molar-refractivity contribution is 6.35. The summed E-state index contributed by atoms with van der Waals surface area (Å²) in [7, 11) is 3.63. The number of carbonyl (C=O) groups excluding carboxylic acids is 1. The van der Waals surface area contributed by atoms with Crippen molar-refractivity contribution >= 4 is 46.1 Å². The van der Waals surface area contributed by atoms with Crippen LogP contribution in [0.25, 0.3) is 11.2 Å². The largest absolute Gasteiger partial charge is 0.355 e. The molecule has 0 spiro atoms. The molecule has 2 saturated heterocycles. The lowest BCUT2D eigenvalue weighted by Gasteiger charge is -2.47. The molecule has 1 aromatic carbocycles. The van der Waals surface area contributed by atoms with Crippen molar-refractivity contribution in [1.29, 1.82) is 5.26 Å². The number of anilines is 1. The van der Waals surface area contributed by atoms with Crippen molar-refractivity contribution in [2.45, 2.75) is 38.6 Å². The number of rotatable bonds is 8. The third-order valence-electron chi connectivity index (χ3n) is 8.08. The minimum absolute atomic E-state index is 0.199. The normalized spacial score (nSPS) is 19.1. The van der Waals surface area contributed by atoms with Crippen LogP contribution in [-0.4, -0.2) is 82.3 Å². The van der Waals surface area contributed by atoms with E-state index in [1.165, 1.54) is 12.8 Å². The van der Waals surface area contributed by atoms with E-state index in [9.17, 15) is 10.1 Å². The fourth-order valence-corrected chi connectivity index (χ4v) is 6.29. The van der Waals surface area contributed by atoms with Gasteiger partial charge in [-0.25, -0.2) is 14.6 Å². The zero-order valence-electron chi connectivity index (χ0n) is 22.6. The predicted octanol–water partition coefficient (Wildman–Crippen LogP) is 4.63. The zero-order chi connectivity index (χ0) is 27.7. The van der Waals surface area contributed by atoms with Crippen LogP contribution in [0.2, 0.25) is 10.0 Å². The molecule has 11 heteroatoms. The Labute approximate surface area is 239 Å². The Bertz CT molecular complexity index is 1390. The summed E-state index contributed by atoms with van der Waals surface area (Å²) in [5, 5.41) is 15.3. The number of hydrogen-bond donors (Lipinski definition) is 0. The van der Waals surface area contributed by atoms with Gasteiger partial charge in [0.2, 0.25) is 5.91 Å². The molecular formula is C28H34Cl2N8O. The van der Waals surface area contributed by atoms with E-state index < -0.39 is 0 Å². The molecule has 39 heavy (non-hydrogen) atoms. The van der Waals surface area contributed by atoms with Crippen LogP contribution in [0.3, 0.4) is 0 Å². The number of aromatic nitrogens is 4. The molecule has 1 amide bonds. The third kappa shape index (κ3) is 5.84. The molecule has 2 atom stereocenters. The number of fused-ring (bicyclic) bond motifs is 1. The van der Waals surface area contributed by atoms with Crippen molar-refractivity contribution in [2.75, 3.05) is 51.7 Å². The molecule has 0 saturated carbocycles. The summed E-state index contributed by atoms with van der Waals surface area (Å²) in [5.41, 5.74) is 2.16. The highest BCUT2D eigenvalue weighted by atomic mass is 35.5. The summed E-state index contributed by atoms with van der Waals surface area (Å²) < 4.78 is 1.73. The van der Waals surface area contributed by atoms with E-state index in [2.05, 4.69) is 26.0 Å². The molecule has 2 fully saturated rings. The molecule has 4 heterocycles. The Morgan fingerprint density at radius 1 is 1.23 bits per heavy atom. The topological polar surface area (TPSA) is 94.2 Å². The van der Waals surface area contributed by atoms with Crippen molar-refractivity contribution in [1.82, 2.24) is 29.5 Å². The van der Waals surface area contributed by atoms with E-state index in [0.717, 1.165) is 50.5 Å². The molecule has 2 aliphatic rings. The molecule has 3 aromatic rings. The first-order chi connectivity index (χ1) is 18.7. The van der Waals surface area contributed by atoms with Crippen molar-refractivity contribution in [2.24, 2.45) is 11.8 Å². The van der Waals surface area contributed by atoms with Gasteiger partial charge in [0, 0.05) is 50.2 Å². The minimum atomic E-state index is -0.255. The molecule has 206 valence electrons. The van der Waals surface area contributed by atoms with Gasteiger partial charge in [0.25, 0.3) is 0 Å². The molecule has 9 nitrogen and oxygen atoms in total. The summed E-state index contributed by atoms with van der Waals surface area (Å²) in [6, 6.07) is 7.27. The summed E-state index contributed by atoms with van der Waals surface area (Å²) >= 11 is 12.6. The predicted molar refractivity (Wildman–Crippen MR) is 153 cm³/mol. The van der Waals surface area contributed by atoms with E-state index in [0.29, 0.717) is 39.5 Å². The van der Waals surface area contributed by atoms with Crippen molar-refractivity contribution < 1.29 is 4.79 Å². The van der Waals surface area contributed by atoms with Gasteiger partial charge >= 0.3 is 0 Å². The Hall–Kier alpha value is -2.93. The van der Waals surface area contributed by atoms with Gasteiger partial charge in [0.1, 0.15) is 17.4 Å². The van der Waals surface area contributed by atoms with Crippen molar-refractivity contribution in [3.8, 4) is 6.07 Å². The lowest BCUT2D eigenvalue weighted by atomic mass is 9.80. The average Bonchev–Trinajstić information content (AvgIpc) is 3.26. The van der Waals surface area contributed by atoms with Crippen LogP contribution in [0.15, 0.2) is 24.4 Å². The fraction of sp³-hybridized carbons (Fsp3) is 0.536. The van der Waals surface area contributed by atoms with Gasteiger partial charge in [-0.3, -0.25) is 4.79 Å². The lowest BCUT2D eigenvalue weighted by Crippen LogP contribution is -2.54. The van der Waals surface area contributed by atoms with Crippen molar-refractivity contribution in [3.05, 3.63) is 45.7 Å². The molecule has 0 radical (unpaired) electrons. The third-order valence-corrected chi connectivity index (χ3v) is 8.64. The number of benzene rings is 1. The number of piperidine rings is 1. The quantitative estimate of drug-likeness (QED) is 0.391.